The number of rotatable bonds is 3. The van der Waals surface area contributed by atoms with E-state index in [1.165, 1.54) is 24.3 Å². The second kappa shape index (κ2) is 8.98. The van der Waals surface area contributed by atoms with Crippen LogP contribution in [0.2, 0.25) is 0 Å². The van der Waals surface area contributed by atoms with Crippen LogP contribution in [0.3, 0.4) is 0 Å². The van der Waals surface area contributed by atoms with Gasteiger partial charge in [-0.1, -0.05) is 24.8 Å². The fourth-order valence-electron chi connectivity index (χ4n) is 0.924. The van der Waals surface area contributed by atoms with Crippen molar-refractivity contribution in [1.29, 1.82) is 0 Å². The van der Waals surface area contributed by atoms with Gasteiger partial charge in [0, 0.05) is 5.46 Å². The first kappa shape index (κ1) is 17.0. The molecule has 0 aliphatic carbocycles. The maximum atomic E-state index is 12.5. The monoisotopic (exact) mass is 268 g/mol. The second-order valence-corrected chi connectivity index (χ2v) is 3.22. The number of carbonyl (C=O) groups is 2. The van der Waals surface area contributed by atoms with Gasteiger partial charge >= 0.3 is 7.12 Å². The lowest BCUT2D eigenvalue weighted by atomic mass is 9.80. The van der Waals surface area contributed by atoms with Crippen LogP contribution in [-0.4, -0.2) is 35.5 Å². The molecule has 19 heavy (non-hydrogen) atoms. The van der Waals surface area contributed by atoms with Crippen LogP contribution in [0.5, 0.6) is 0 Å². The van der Waals surface area contributed by atoms with Gasteiger partial charge in [-0.15, -0.1) is 0 Å². The quantitative estimate of drug-likeness (QED) is 0.385. The van der Waals surface area contributed by atoms with Crippen molar-refractivity contribution in [2.75, 3.05) is 6.54 Å². The third kappa shape index (κ3) is 7.09. The molecule has 2 amide bonds. The van der Waals surface area contributed by atoms with Crippen molar-refractivity contribution < 1.29 is 24.0 Å². The number of nitrogens with two attached hydrogens (primary N) is 1. The Labute approximate surface area is 109 Å². The molecule has 0 saturated carbocycles. The molecule has 0 fully saturated rings. The fraction of sp³-hybridized carbons (Fsp3) is 0.0909. The Bertz CT molecular complexity index is 454. The maximum Gasteiger partial charge on any atom is 0.491 e. The van der Waals surface area contributed by atoms with E-state index in [-0.39, 0.29) is 12.0 Å². The molecule has 0 bridgehead atoms. The number of amides is 2. The lowest BCUT2D eigenvalue weighted by Crippen LogP contribution is -2.34. The van der Waals surface area contributed by atoms with Crippen LogP contribution in [0, 0.1) is 5.82 Å². The van der Waals surface area contributed by atoms with Crippen molar-refractivity contribution in [2.45, 2.75) is 0 Å². The zero-order chi connectivity index (χ0) is 14.8. The average molecular weight is 268 g/mol. The minimum Gasteiger partial charge on any atom is -0.423 e. The highest BCUT2D eigenvalue weighted by Crippen LogP contribution is 1.92. The summed E-state index contributed by atoms with van der Waals surface area (Å²) in [7, 11) is -1.72. The summed E-state index contributed by atoms with van der Waals surface area (Å²) in [6.07, 6.45) is 1.01. The van der Waals surface area contributed by atoms with Gasteiger partial charge in [0.15, 0.2) is 0 Å². The summed E-state index contributed by atoms with van der Waals surface area (Å²) in [5, 5.41) is 19.0. The Hall–Kier alpha value is -2.03. The van der Waals surface area contributed by atoms with E-state index in [9.17, 15) is 14.0 Å². The topological polar surface area (TPSA) is 113 Å². The van der Waals surface area contributed by atoms with Gasteiger partial charge in [-0.05, 0) is 12.1 Å². The lowest BCUT2D eigenvalue weighted by Gasteiger charge is -1.98. The molecule has 0 aliphatic rings. The summed E-state index contributed by atoms with van der Waals surface area (Å²) in [5.74, 6) is -1.62. The zero-order valence-electron chi connectivity index (χ0n) is 10.0. The molecular formula is C11H14BFN2O4. The van der Waals surface area contributed by atoms with E-state index in [0.29, 0.717) is 0 Å². The number of halogens is 1. The molecule has 6 nitrogen and oxygen atoms in total. The van der Waals surface area contributed by atoms with E-state index in [1.807, 2.05) is 5.32 Å². The molecule has 0 atom stereocenters. The SMILES string of the molecule is C=CC(=O)NC(=O)CN.OB(O)c1ccccc1F. The van der Waals surface area contributed by atoms with Crippen LogP contribution in [0.4, 0.5) is 4.39 Å². The highest BCUT2D eigenvalue weighted by atomic mass is 19.1. The number of benzene rings is 1. The van der Waals surface area contributed by atoms with E-state index in [1.54, 1.807) is 0 Å². The van der Waals surface area contributed by atoms with Crippen molar-refractivity contribution in [2.24, 2.45) is 5.73 Å². The van der Waals surface area contributed by atoms with Crippen LogP contribution in [0.25, 0.3) is 0 Å². The van der Waals surface area contributed by atoms with E-state index >= 15 is 0 Å². The third-order valence-electron chi connectivity index (χ3n) is 1.82. The van der Waals surface area contributed by atoms with Gasteiger partial charge in [0.1, 0.15) is 5.82 Å². The van der Waals surface area contributed by atoms with Crippen molar-refractivity contribution in [3.63, 3.8) is 0 Å². The number of hydrogen-bond acceptors (Lipinski definition) is 5. The standard InChI is InChI=1S/C6H6BFO2.C5H8N2O2/c8-6-4-2-1-3-5(6)7(9)10;1-2-4(8)7-5(9)3-6/h1-4,9-10H;2H,1,3,6H2,(H,7,8,9). The average Bonchev–Trinajstić information content (AvgIpc) is 2.39. The number of hydrogen-bond donors (Lipinski definition) is 4. The first-order chi connectivity index (χ1) is 8.92. The molecule has 0 saturated heterocycles. The maximum absolute atomic E-state index is 12.5. The Kier molecular flexibility index (Phi) is 8.02. The molecule has 0 heterocycles. The Morgan fingerprint density at radius 2 is 2.00 bits per heavy atom. The number of carbonyl (C=O) groups excluding carboxylic acids is 2. The summed E-state index contributed by atoms with van der Waals surface area (Å²) < 4.78 is 12.5. The highest BCUT2D eigenvalue weighted by Gasteiger charge is 2.14. The summed E-state index contributed by atoms with van der Waals surface area (Å²) in [6.45, 7) is 2.96. The Balaban J connectivity index is 0.000000344. The van der Waals surface area contributed by atoms with Gasteiger partial charge in [-0.25, -0.2) is 4.39 Å². The lowest BCUT2D eigenvalue weighted by molar-refractivity contribution is -0.127. The summed E-state index contributed by atoms with van der Waals surface area (Å²) >= 11 is 0. The minimum absolute atomic E-state index is 0.0949. The normalized spacial score (nSPS) is 8.84. The van der Waals surface area contributed by atoms with Crippen LogP contribution in [0.1, 0.15) is 0 Å². The first-order valence-corrected chi connectivity index (χ1v) is 5.19. The molecule has 0 aromatic heterocycles. The van der Waals surface area contributed by atoms with Crippen molar-refractivity contribution >= 4 is 24.4 Å². The molecule has 0 aliphatic heterocycles. The largest absolute Gasteiger partial charge is 0.491 e. The molecule has 1 aromatic carbocycles. The second-order valence-electron chi connectivity index (χ2n) is 3.22. The van der Waals surface area contributed by atoms with E-state index in [0.717, 1.165) is 6.08 Å². The van der Waals surface area contributed by atoms with E-state index < -0.39 is 24.7 Å². The zero-order valence-corrected chi connectivity index (χ0v) is 10.0. The van der Waals surface area contributed by atoms with E-state index in [2.05, 4.69) is 6.58 Å². The van der Waals surface area contributed by atoms with Crippen molar-refractivity contribution in [3.8, 4) is 0 Å². The summed E-state index contributed by atoms with van der Waals surface area (Å²) in [5.41, 5.74) is 4.78. The van der Waals surface area contributed by atoms with Crippen LogP contribution < -0.4 is 16.5 Å². The minimum atomic E-state index is -1.72. The predicted molar refractivity (Wildman–Crippen MR) is 68.6 cm³/mol. The molecule has 0 unspecified atom stereocenters. The molecular weight excluding hydrogens is 254 g/mol. The molecule has 1 rings (SSSR count). The molecule has 5 N–H and O–H groups in total. The van der Waals surface area contributed by atoms with E-state index in [4.69, 9.17) is 15.8 Å². The molecule has 8 heteroatoms. The Morgan fingerprint density at radius 1 is 1.42 bits per heavy atom. The predicted octanol–water partition coefficient (Wildman–Crippen LogP) is -1.72. The van der Waals surface area contributed by atoms with Crippen LogP contribution in [-0.2, 0) is 9.59 Å². The molecule has 1 aromatic rings. The smallest absolute Gasteiger partial charge is 0.423 e. The molecule has 0 spiro atoms. The third-order valence-corrected chi connectivity index (χ3v) is 1.82. The Morgan fingerprint density at radius 3 is 2.37 bits per heavy atom. The van der Waals surface area contributed by atoms with Crippen molar-refractivity contribution in [3.05, 3.63) is 42.7 Å². The first-order valence-electron chi connectivity index (χ1n) is 5.19. The summed E-state index contributed by atoms with van der Waals surface area (Å²) in [4.78, 5) is 20.6. The van der Waals surface area contributed by atoms with Gasteiger partial charge in [-0.3, -0.25) is 14.9 Å². The number of nitrogens with one attached hydrogen (secondary N) is 1. The number of imide groups is 1. The van der Waals surface area contributed by atoms with Crippen molar-refractivity contribution in [1.82, 2.24) is 5.32 Å². The fourth-order valence-corrected chi connectivity index (χ4v) is 0.924. The van der Waals surface area contributed by atoms with Gasteiger partial charge in [0.25, 0.3) is 0 Å². The van der Waals surface area contributed by atoms with Crippen LogP contribution in [0.15, 0.2) is 36.9 Å². The molecule has 102 valence electrons. The van der Waals surface area contributed by atoms with Gasteiger partial charge in [-0.2, -0.15) is 0 Å². The molecule has 0 radical (unpaired) electrons. The van der Waals surface area contributed by atoms with Gasteiger partial charge in [0.2, 0.25) is 11.8 Å². The summed E-state index contributed by atoms with van der Waals surface area (Å²) in [6, 6.07) is 5.52. The van der Waals surface area contributed by atoms with Crippen LogP contribution >= 0.6 is 0 Å². The van der Waals surface area contributed by atoms with Gasteiger partial charge in [0.05, 0.1) is 6.54 Å². The van der Waals surface area contributed by atoms with Gasteiger partial charge < -0.3 is 15.8 Å². The highest BCUT2D eigenvalue weighted by molar-refractivity contribution is 6.58.